The molecule has 0 aliphatic carbocycles. The molecule has 1 aromatic heterocycles. The minimum atomic E-state index is -0.728. The lowest BCUT2D eigenvalue weighted by Gasteiger charge is -2.09. The summed E-state index contributed by atoms with van der Waals surface area (Å²) in [6.07, 6.45) is 0.327. The quantitative estimate of drug-likeness (QED) is 0.621. The van der Waals surface area contributed by atoms with Crippen molar-refractivity contribution in [2.45, 2.75) is 12.5 Å². The molecule has 0 saturated carbocycles. The zero-order chi connectivity index (χ0) is 13.3. The van der Waals surface area contributed by atoms with Crippen molar-refractivity contribution in [3.63, 3.8) is 0 Å². The van der Waals surface area contributed by atoms with Crippen molar-refractivity contribution in [1.82, 2.24) is 4.98 Å². The minimum absolute atomic E-state index is 0.327. The fourth-order valence-corrected chi connectivity index (χ4v) is 2.47. The van der Waals surface area contributed by atoms with Gasteiger partial charge in [0.15, 0.2) is 5.58 Å². The van der Waals surface area contributed by atoms with E-state index in [0.717, 1.165) is 9.13 Å². The van der Waals surface area contributed by atoms with Crippen LogP contribution in [-0.2, 0) is 16.0 Å². The van der Waals surface area contributed by atoms with Gasteiger partial charge >= 0.3 is 11.7 Å². The molecule has 1 aromatic carbocycles. The Hall–Kier alpha value is -1.35. The Labute approximate surface area is 116 Å². The molecule has 1 atom stereocenters. The van der Waals surface area contributed by atoms with Gasteiger partial charge in [0.1, 0.15) is 11.6 Å². The fraction of sp³-hybridized carbons (Fsp3) is 0.273. The monoisotopic (exact) mass is 362 g/mol. The molecule has 96 valence electrons. The van der Waals surface area contributed by atoms with E-state index in [-0.39, 0.29) is 0 Å². The Morgan fingerprint density at radius 1 is 1.61 bits per heavy atom. The number of aromatic amines is 1. The van der Waals surface area contributed by atoms with Crippen molar-refractivity contribution in [2.24, 2.45) is 5.73 Å². The highest BCUT2D eigenvalue weighted by atomic mass is 127. The van der Waals surface area contributed by atoms with E-state index in [1.54, 1.807) is 6.07 Å². The van der Waals surface area contributed by atoms with Crippen molar-refractivity contribution in [2.75, 3.05) is 7.11 Å². The number of benzene rings is 1. The second kappa shape index (κ2) is 5.11. The molecule has 0 fully saturated rings. The third kappa shape index (κ3) is 2.56. The number of fused-ring (bicyclic) bond motifs is 1. The molecule has 2 aromatic rings. The molecular formula is C11H11IN2O4. The summed E-state index contributed by atoms with van der Waals surface area (Å²) in [7, 11) is 1.29. The summed E-state index contributed by atoms with van der Waals surface area (Å²) in [6.45, 7) is 0. The number of rotatable bonds is 3. The Morgan fingerprint density at radius 2 is 2.33 bits per heavy atom. The summed E-state index contributed by atoms with van der Waals surface area (Å²) in [4.78, 5) is 24.9. The Bertz CT molecular complexity index is 646. The van der Waals surface area contributed by atoms with Crippen LogP contribution in [0.4, 0.5) is 0 Å². The van der Waals surface area contributed by atoms with Crippen molar-refractivity contribution >= 4 is 39.7 Å². The predicted molar refractivity (Wildman–Crippen MR) is 73.2 cm³/mol. The molecule has 2 rings (SSSR count). The number of hydrogen-bond donors (Lipinski definition) is 2. The van der Waals surface area contributed by atoms with Gasteiger partial charge < -0.3 is 14.9 Å². The third-order valence-corrected chi connectivity index (χ3v) is 3.35. The fourth-order valence-electron chi connectivity index (χ4n) is 1.67. The zero-order valence-corrected chi connectivity index (χ0v) is 11.7. The Morgan fingerprint density at radius 3 is 3.00 bits per heavy atom. The molecule has 0 spiro atoms. The Kier molecular flexibility index (Phi) is 3.71. The first-order valence-electron chi connectivity index (χ1n) is 5.16. The molecule has 18 heavy (non-hydrogen) atoms. The van der Waals surface area contributed by atoms with E-state index in [9.17, 15) is 9.59 Å². The minimum Gasteiger partial charge on any atom is -0.468 e. The molecule has 0 amide bonds. The maximum atomic E-state index is 11.2. The number of oxazole rings is 1. The van der Waals surface area contributed by atoms with Crippen LogP contribution in [0, 0.1) is 3.57 Å². The molecule has 1 heterocycles. The second-order valence-electron chi connectivity index (χ2n) is 3.80. The molecule has 7 heteroatoms. The summed E-state index contributed by atoms with van der Waals surface area (Å²) < 4.78 is 10.4. The lowest BCUT2D eigenvalue weighted by atomic mass is 10.1. The molecule has 0 radical (unpaired) electrons. The molecule has 3 N–H and O–H groups in total. The van der Waals surface area contributed by atoms with Crippen LogP contribution < -0.4 is 11.5 Å². The average Bonchev–Trinajstić information content (AvgIpc) is 2.69. The lowest BCUT2D eigenvalue weighted by Crippen LogP contribution is -2.33. The molecule has 6 nitrogen and oxygen atoms in total. The first-order chi connectivity index (χ1) is 8.51. The number of carbonyl (C=O) groups excluding carboxylic acids is 1. The van der Waals surface area contributed by atoms with Crippen LogP contribution in [0.1, 0.15) is 5.56 Å². The number of nitrogens with two attached hydrogens (primary N) is 1. The topological polar surface area (TPSA) is 98.3 Å². The van der Waals surface area contributed by atoms with E-state index in [1.165, 1.54) is 7.11 Å². The van der Waals surface area contributed by atoms with E-state index < -0.39 is 17.8 Å². The maximum Gasteiger partial charge on any atom is 0.417 e. The van der Waals surface area contributed by atoms with Crippen LogP contribution in [0.15, 0.2) is 21.3 Å². The number of nitrogens with one attached hydrogen (secondary N) is 1. The van der Waals surface area contributed by atoms with Gasteiger partial charge in [-0.2, -0.15) is 0 Å². The highest BCUT2D eigenvalue weighted by Crippen LogP contribution is 2.20. The van der Waals surface area contributed by atoms with E-state index in [2.05, 4.69) is 32.3 Å². The van der Waals surface area contributed by atoms with Gasteiger partial charge in [-0.05, 0) is 46.7 Å². The standard InChI is InChI=1S/C11H11IN2O4/c1-17-10(15)7(13)3-5-2-6(12)9-8(4-5)18-11(16)14-9/h2,4,7H,3,13H2,1H3,(H,14,16). The molecule has 0 bridgehead atoms. The largest absolute Gasteiger partial charge is 0.468 e. The van der Waals surface area contributed by atoms with E-state index in [1.807, 2.05) is 6.07 Å². The van der Waals surface area contributed by atoms with Gasteiger partial charge in [0.2, 0.25) is 0 Å². The van der Waals surface area contributed by atoms with Crippen molar-refractivity contribution in [1.29, 1.82) is 0 Å². The van der Waals surface area contributed by atoms with Crippen LogP contribution in [-0.4, -0.2) is 24.1 Å². The normalized spacial score (nSPS) is 12.6. The van der Waals surface area contributed by atoms with E-state index in [4.69, 9.17) is 10.2 Å². The molecule has 0 saturated heterocycles. The van der Waals surface area contributed by atoms with Crippen LogP contribution >= 0.6 is 22.6 Å². The van der Waals surface area contributed by atoms with Gasteiger partial charge in [-0.25, -0.2) is 4.79 Å². The summed E-state index contributed by atoms with van der Waals surface area (Å²) in [5, 5.41) is 0. The van der Waals surface area contributed by atoms with Crippen molar-refractivity contribution in [3.05, 3.63) is 31.8 Å². The number of hydrogen-bond acceptors (Lipinski definition) is 5. The summed E-state index contributed by atoms with van der Waals surface area (Å²) in [6, 6.07) is 2.81. The first-order valence-corrected chi connectivity index (χ1v) is 6.24. The van der Waals surface area contributed by atoms with E-state index >= 15 is 0 Å². The molecule has 0 aliphatic rings. The van der Waals surface area contributed by atoms with Crippen LogP contribution in [0.5, 0.6) is 0 Å². The van der Waals surface area contributed by atoms with Crippen molar-refractivity contribution in [3.8, 4) is 0 Å². The molecule has 0 aliphatic heterocycles. The predicted octanol–water partition coefficient (Wildman–Crippen LogP) is 0.768. The van der Waals surface area contributed by atoms with E-state index in [0.29, 0.717) is 17.5 Å². The Balaban J connectivity index is 2.35. The number of ether oxygens (including phenoxy) is 1. The molecular weight excluding hydrogens is 351 g/mol. The number of esters is 1. The van der Waals surface area contributed by atoms with Gasteiger partial charge in [-0.15, -0.1) is 0 Å². The first kappa shape index (κ1) is 13.1. The number of aromatic nitrogens is 1. The van der Waals surface area contributed by atoms with Crippen molar-refractivity contribution < 1.29 is 13.9 Å². The van der Waals surface area contributed by atoms with Crippen LogP contribution in [0.2, 0.25) is 0 Å². The maximum absolute atomic E-state index is 11.2. The van der Waals surface area contributed by atoms with Gasteiger partial charge in [-0.3, -0.25) is 9.78 Å². The average molecular weight is 362 g/mol. The highest BCUT2D eigenvalue weighted by molar-refractivity contribution is 14.1. The SMILES string of the molecule is COC(=O)C(N)Cc1cc(I)c2[nH]c(=O)oc2c1. The summed E-state index contributed by atoms with van der Waals surface area (Å²) >= 11 is 2.08. The highest BCUT2D eigenvalue weighted by Gasteiger charge is 2.16. The summed E-state index contributed by atoms with van der Waals surface area (Å²) in [5.74, 6) is -0.974. The lowest BCUT2D eigenvalue weighted by molar-refractivity contribution is -0.142. The van der Waals surface area contributed by atoms with Gasteiger partial charge in [0.25, 0.3) is 0 Å². The second-order valence-corrected chi connectivity index (χ2v) is 4.96. The number of methoxy groups -OCH3 is 1. The number of halogens is 1. The number of H-pyrrole nitrogens is 1. The zero-order valence-electron chi connectivity index (χ0n) is 9.53. The number of carbonyl (C=O) groups is 1. The third-order valence-electron chi connectivity index (χ3n) is 2.50. The molecule has 1 unspecified atom stereocenters. The smallest absolute Gasteiger partial charge is 0.417 e. The van der Waals surface area contributed by atoms with Gasteiger partial charge in [0, 0.05) is 3.57 Å². The van der Waals surface area contributed by atoms with Crippen LogP contribution in [0.25, 0.3) is 11.1 Å². The summed E-state index contributed by atoms with van der Waals surface area (Å²) in [5.41, 5.74) is 7.60. The van der Waals surface area contributed by atoms with Gasteiger partial charge in [-0.1, -0.05) is 0 Å². The van der Waals surface area contributed by atoms with Gasteiger partial charge in [0.05, 0.1) is 7.11 Å². The van der Waals surface area contributed by atoms with Crippen LogP contribution in [0.3, 0.4) is 0 Å².